The van der Waals surface area contributed by atoms with Gasteiger partial charge in [0.2, 0.25) is 0 Å². The molecule has 0 saturated heterocycles. The maximum Gasteiger partial charge on any atom is 0.252 e. The summed E-state index contributed by atoms with van der Waals surface area (Å²) in [6.07, 6.45) is 0. The van der Waals surface area contributed by atoms with Gasteiger partial charge in [-0.25, -0.2) is 0 Å². The van der Waals surface area contributed by atoms with E-state index in [1.165, 1.54) is 0 Å². The number of carbonyl (C=O) groups is 1. The molecule has 0 radical (unpaired) electrons. The highest BCUT2D eigenvalue weighted by Gasteiger charge is 2.08. The Balaban J connectivity index is 1.84. The van der Waals surface area contributed by atoms with Gasteiger partial charge in [-0.15, -0.1) is 0 Å². The number of hydrogen-bond donors (Lipinski definition) is 1. The molecule has 2 rings (SSSR count). The lowest BCUT2D eigenvalue weighted by atomic mass is 10.2. The second-order valence-corrected chi connectivity index (χ2v) is 5.78. The average Bonchev–Trinajstić information content (AvgIpc) is 2.47. The lowest BCUT2D eigenvalue weighted by molar-refractivity contribution is 0.0946. The van der Waals surface area contributed by atoms with Crippen molar-refractivity contribution < 1.29 is 9.53 Å². The SMILES string of the molecule is Cc1ccc(Cl)c(OCCNC(=O)c2ccccc2Br)c1. The fourth-order valence-electron chi connectivity index (χ4n) is 1.79. The largest absolute Gasteiger partial charge is 0.490 e. The van der Waals surface area contributed by atoms with Crippen LogP contribution >= 0.6 is 27.5 Å². The van der Waals surface area contributed by atoms with E-state index in [2.05, 4.69) is 21.2 Å². The smallest absolute Gasteiger partial charge is 0.252 e. The first kappa shape index (κ1) is 15.9. The molecule has 0 aromatic heterocycles. The zero-order chi connectivity index (χ0) is 15.2. The minimum absolute atomic E-state index is 0.138. The number of hydrogen-bond acceptors (Lipinski definition) is 2. The van der Waals surface area contributed by atoms with Crippen molar-refractivity contribution in [2.75, 3.05) is 13.2 Å². The Morgan fingerprint density at radius 3 is 2.81 bits per heavy atom. The maximum absolute atomic E-state index is 12.0. The molecule has 3 nitrogen and oxygen atoms in total. The number of amides is 1. The summed E-state index contributed by atoms with van der Waals surface area (Å²) >= 11 is 9.39. The third-order valence-corrected chi connectivity index (χ3v) is 3.85. The Morgan fingerprint density at radius 2 is 2.05 bits per heavy atom. The van der Waals surface area contributed by atoms with E-state index in [-0.39, 0.29) is 5.91 Å². The molecule has 0 aliphatic rings. The van der Waals surface area contributed by atoms with Crippen LogP contribution < -0.4 is 10.1 Å². The molecule has 0 unspecified atom stereocenters. The Hall–Kier alpha value is -1.52. The first-order chi connectivity index (χ1) is 10.1. The first-order valence-electron chi connectivity index (χ1n) is 6.49. The average molecular weight is 369 g/mol. The van der Waals surface area contributed by atoms with Gasteiger partial charge >= 0.3 is 0 Å². The molecule has 0 bridgehead atoms. The molecule has 1 N–H and O–H groups in total. The summed E-state index contributed by atoms with van der Waals surface area (Å²) in [5, 5.41) is 3.37. The first-order valence-corrected chi connectivity index (χ1v) is 7.66. The number of nitrogens with one attached hydrogen (secondary N) is 1. The van der Waals surface area contributed by atoms with Gasteiger partial charge in [0.05, 0.1) is 17.1 Å². The summed E-state index contributed by atoms with van der Waals surface area (Å²) in [5.74, 6) is 0.494. The molecule has 0 atom stereocenters. The Morgan fingerprint density at radius 1 is 1.29 bits per heavy atom. The van der Waals surface area contributed by atoms with Crippen LogP contribution in [-0.4, -0.2) is 19.1 Å². The second-order valence-electron chi connectivity index (χ2n) is 4.52. The van der Waals surface area contributed by atoms with Gasteiger partial charge in [-0.05, 0) is 52.7 Å². The molecular weight excluding hydrogens is 354 g/mol. The van der Waals surface area contributed by atoms with Crippen LogP contribution in [0.1, 0.15) is 15.9 Å². The van der Waals surface area contributed by atoms with E-state index >= 15 is 0 Å². The maximum atomic E-state index is 12.0. The van der Waals surface area contributed by atoms with Crippen LogP contribution in [0.3, 0.4) is 0 Å². The number of halogens is 2. The van der Waals surface area contributed by atoms with Gasteiger partial charge in [0.15, 0.2) is 0 Å². The molecule has 0 saturated carbocycles. The van der Waals surface area contributed by atoms with Crippen molar-refractivity contribution in [2.45, 2.75) is 6.92 Å². The fourth-order valence-corrected chi connectivity index (χ4v) is 2.42. The van der Waals surface area contributed by atoms with Gasteiger partial charge in [0, 0.05) is 4.47 Å². The number of carbonyl (C=O) groups excluding carboxylic acids is 1. The fraction of sp³-hybridized carbons (Fsp3) is 0.188. The van der Waals surface area contributed by atoms with Crippen molar-refractivity contribution in [2.24, 2.45) is 0 Å². The summed E-state index contributed by atoms with van der Waals surface area (Å²) in [7, 11) is 0. The van der Waals surface area contributed by atoms with Gasteiger partial charge in [0.1, 0.15) is 12.4 Å². The van der Waals surface area contributed by atoms with Crippen molar-refractivity contribution in [3.63, 3.8) is 0 Å². The molecule has 2 aromatic rings. The van der Waals surface area contributed by atoms with Gasteiger partial charge in [-0.3, -0.25) is 4.79 Å². The molecular formula is C16H15BrClNO2. The molecule has 5 heteroatoms. The van der Waals surface area contributed by atoms with Crippen LogP contribution in [-0.2, 0) is 0 Å². The molecule has 21 heavy (non-hydrogen) atoms. The van der Waals surface area contributed by atoms with E-state index in [0.717, 1.165) is 10.0 Å². The predicted octanol–water partition coefficient (Wildman–Crippen LogP) is 4.22. The Labute approximate surface area is 137 Å². The van der Waals surface area contributed by atoms with E-state index in [1.807, 2.05) is 37.3 Å². The summed E-state index contributed by atoms with van der Waals surface area (Å²) in [6, 6.07) is 12.9. The van der Waals surface area contributed by atoms with Gasteiger partial charge in [-0.1, -0.05) is 29.8 Å². The number of aryl methyl sites for hydroxylation is 1. The van der Waals surface area contributed by atoms with Crippen molar-refractivity contribution >= 4 is 33.4 Å². The van der Waals surface area contributed by atoms with Gasteiger partial charge in [0.25, 0.3) is 5.91 Å². The lowest BCUT2D eigenvalue weighted by Gasteiger charge is -2.10. The van der Waals surface area contributed by atoms with Crippen molar-refractivity contribution in [1.82, 2.24) is 5.32 Å². The van der Waals surface area contributed by atoms with Crippen LogP contribution in [0.5, 0.6) is 5.75 Å². The Kier molecular flexibility index (Phi) is 5.65. The standard InChI is InChI=1S/C16H15BrClNO2/c1-11-6-7-14(18)15(10-11)21-9-8-19-16(20)12-4-2-3-5-13(12)17/h2-7,10H,8-9H2,1H3,(H,19,20). The second kappa shape index (κ2) is 7.48. The highest BCUT2D eigenvalue weighted by Crippen LogP contribution is 2.25. The molecule has 0 heterocycles. The normalized spacial score (nSPS) is 10.2. The van der Waals surface area contributed by atoms with E-state index in [0.29, 0.717) is 29.5 Å². The van der Waals surface area contributed by atoms with Crippen molar-refractivity contribution in [3.05, 3.63) is 63.1 Å². The lowest BCUT2D eigenvalue weighted by Crippen LogP contribution is -2.28. The predicted molar refractivity (Wildman–Crippen MR) is 88.2 cm³/mol. The summed E-state index contributed by atoms with van der Waals surface area (Å²) in [4.78, 5) is 12.0. The van der Waals surface area contributed by atoms with Crippen molar-refractivity contribution in [3.8, 4) is 5.75 Å². The van der Waals surface area contributed by atoms with E-state index < -0.39 is 0 Å². The number of rotatable bonds is 5. The van der Waals surface area contributed by atoms with Crippen LogP contribution in [0.15, 0.2) is 46.9 Å². The summed E-state index contributed by atoms with van der Waals surface area (Å²) in [5.41, 5.74) is 1.68. The van der Waals surface area contributed by atoms with Gasteiger partial charge < -0.3 is 10.1 Å². The molecule has 1 amide bonds. The van der Waals surface area contributed by atoms with E-state index in [1.54, 1.807) is 12.1 Å². The number of ether oxygens (including phenoxy) is 1. The number of benzene rings is 2. The van der Waals surface area contributed by atoms with Crippen molar-refractivity contribution in [1.29, 1.82) is 0 Å². The third kappa shape index (κ3) is 4.48. The topological polar surface area (TPSA) is 38.3 Å². The Bertz CT molecular complexity index is 646. The summed E-state index contributed by atoms with van der Waals surface area (Å²) in [6.45, 7) is 2.74. The molecule has 0 spiro atoms. The zero-order valence-electron chi connectivity index (χ0n) is 11.5. The molecule has 0 aliphatic heterocycles. The van der Waals surface area contributed by atoms with E-state index in [9.17, 15) is 4.79 Å². The highest BCUT2D eigenvalue weighted by molar-refractivity contribution is 9.10. The monoisotopic (exact) mass is 367 g/mol. The summed E-state index contributed by atoms with van der Waals surface area (Å²) < 4.78 is 6.34. The van der Waals surface area contributed by atoms with Crippen LogP contribution in [0, 0.1) is 6.92 Å². The highest BCUT2D eigenvalue weighted by atomic mass is 79.9. The van der Waals surface area contributed by atoms with Crippen LogP contribution in [0.4, 0.5) is 0 Å². The zero-order valence-corrected chi connectivity index (χ0v) is 13.9. The molecule has 2 aromatic carbocycles. The quantitative estimate of drug-likeness (QED) is 0.803. The van der Waals surface area contributed by atoms with E-state index in [4.69, 9.17) is 16.3 Å². The molecule has 110 valence electrons. The van der Waals surface area contributed by atoms with Gasteiger partial charge in [-0.2, -0.15) is 0 Å². The third-order valence-electron chi connectivity index (χ3n) is 2.85. The molecule has 0 aliphatic carbocycles. The van der Waals surface area contributed by atoms with Crippen LogP contribution in [0.2, 0.25) is 5.02 Å². The minimum atomic E-state index is -0.138. The van der Waals surface area contributed by atoms with Crippen LogP contribution in [0.25, 0.3) is 0 Å². The molecule has 0 fully saturated rings. The minimum Gasteiger partial charge on any atom is -0.490 e.